The number of nitrogen functional groups attached to an aromatic ring is 1. The molecule has 0 radical (unpaired) electrons. The van der Waals surface area contributed by atoms with Crippen LogP contribution in [0.4, 0.5) is 5.69 Å². The Labute approximate surface area is 117 Å². The summed E-state index contributed by atoms with van der Waals surface area (Å²) in [6.45, 7) is 3.79. The van der Waals surface area contributed by atoms with E-state index in [1.54, 1.807) is 36.4 Å². The highest BCUT2D eigenvalue weighted by molar-refractivity contribution is 6.11. The van der Waals surface area contributed by atoms with E-state index >= 15 is 0 Å². The number of ketones is 1. The molecule has 0 aliphatic heterocycles. The van der Waals surface area contributed by atoms with Crippen molar-refractivity contribution >= 4 is 11.5 Å². The van der Waals surface area contributed by atoms with Crippen molar-refractivity contribution in [1.29, 1.82) is 0 Å². The van der Waals surface area contributed by atoms with E-state index in [0.29, 0.717) is 17.0 Å². The van der Waals surface area contributed by atoms with Crippen LogP contribution in [0.1, 0.15) is 29.8 Å². The van der Waals surface area contributed by atoms with Gasteiger partial charge in [0.25, 0.3) is 0 Å². The zero-order valence-electron chi connectivity index (χ0n) is 11.5. The highest BCUT2D eigenvalue weighted by Gasteiger charge is 2.15. The normalized spacial score (nSPS) is 10.6. The summed E-state index contributed by atoms with van der Waals surface area (Å²) >= 11 is 0. The van der Waals surface area contributed by atoms with Crippen molar-refractivity contribution in [2.45, 2.75) is 20.0 Å². The van der Waals surface area contributed by atoms with E-state index in [1.165, 1.54) is 6.07 Å². The molecule has 0 saturated heterocycles. The van der Waals surface area contributed by atoms with Crippen molar-refractivity contribution in [1.82, 2.24) is 0 Å². The number of anilines is 1. The van der Waals surface area contributed by atoms with Crippen molar-refractivity contribution in [3.8, 4) is 11.5 Å². The molecule has 0 spiro atoms. The van der Waals surface area contributed by atoms with Crippen LogP contribution >= 0.6 is 0 Å². The van der Waals surface area contributed by atoms with Crippen molar-refractivity contribution in [3.63, 3.8) is 0 Å². The number of carbonyl (C=O) groups is 1. The Balaban J connectivity index is 2.38. The van der Waals surface area contributed by atoms with Gasteiger partial charge in [-0.3, -0.25) is 4.79 Å². The lowest BCUT2D eigenvalue weighted by Crippen LogP contribution is -2.07. The summed E-state index contributed by atoms with van der Waals surface area (Å²) in [4.78, 5) is 12.4. The molecule has 2 aromatic carbocycles. The fraction of sp³-hybridized carbons (Fsp3) is 0.188. The van der Waals surface area contributed by atoms with Crippen LogP contribution in [0, 0.1) is 0 Å². The van der Waals surface area contributed by atoms with Crippen molar-refractivity contribution in [3.05, 3.63) is 53.6 Å². The summed E-state index contributed by atoms with van der Waals surface area (Å²) < 4.78 is 5.53. The molecule has 0 atom stereocenters. The number of hydrogen-bond donors (Lipinski definition) is 2. The van der Waals surface area contributed by atoms with Gasteiger partial charge in [0.15, 0.2) is 5.78 Å². The third kappa shape index (κ3) is 3.09. The second kappa shape index (κ2) is 5.65. The predicted molar refractivity (Wildman–Crippen MR) is 78.2 cm³/mol. The molecule has 0 amide bonds. The van der Waals surface area contributed by atoms with E-state index in [-0.39, 0.29) is 23.2 Å². The molecule has 2 rings (SSSR count). The van der Waals surface area contributed by atoms with Crippen molar-refractivity contribution < 1.29 is 14.6 Å². The molecule has 0 aliphatic carbocycles. The minimum absolute atomic E-state index is 0.00475. The molecule has 0 saturated carbocycles. The average molecular weight is 271 g/mol. The van der Waals surface area contributed by atoms with Gasteiger partial charge in [0.05, 0.1) is 11.7 Å². The summed E-state index contributed by atoms with van der Waals surface area (Å²) in [5.41, 5.74) is 6.81. The third-order valence-corrected chi connectivity index (χ3v) is 2.73. The second-order valence-corrected chi connectivity index (χ2v) is 4.80. The average Bonchev–Trinajstić information content (AvgIpc) is 2.39. The van der Waals surface area contributed by atoms with Gasteiger partial charge in [0.2, 0.25) is 0 Å². The summed E-state index contributed by atoms with van der Waals surface area (Å²) in [5.74, 6) is 0.183. The largest absolute Gasteiger partial charge is 0.507 e. The predicted octanol–water partition coefficient (Wildman–Crippen LogP) is 2.99. The van der Waals surface area contributed by atoms with E-state index in [2.05, 4.69) is 0 Å². The number of nitrogens with two attached hydrogens (primary N) is 1. The number of benzene rings is 2. The first-order valence-electron chi connectivity index (χ1n) is 6.37. The van der Waals surface area contributed by atoms with Crippen molar-refractivity contribution in [2.24, 2.45) is 0 Å². The maximum Gasteiger partial charge on any atom is 0.196 e. The molecule has 0 bridgehead atoms. The molecule has 4 heteroatoms. The van der Waals surface area contributed by atoms with E-state index in [9.17, 15) is 9.90 Å². The number of ether oxygens (including phenoxy) is 1. The van der Waals surface area contributed by atoms with E-state index in [4.69, 9.17) is 10.5 Å². The standard InChI is InChI=1S/C16H17NO3/c1-10(2)20-13-6-7-15(18)14(9-13)16(19)11-4-3-5-12(17)8-11/h3-10,18H,17H2,1-2H3. The molecule has 3 N–H and O–H groups in total. The van der Waals surface area contributed by atoms with Crippen LogP contribution in [0.15, 0.2) is 42.5 Å². The summed E-state index contributed by atoms with van der Waals surface area (Å²) in [5, 5.41) is 9.86. The number of rotatable bonds is 4. The molecular weight excluding hydrogens is 254 g/mol. The Hall–Kier alpha value is -2.49. The molecule has 104 valence electrons. The summed E-state index contributed by atoms with van der Waals surface area (Å²) in [6.07, 6.45) is -0.00475. The van der Waals surface area contributed by atoms with Gasteiger partial charge in [-0.15, -0.1) is 0 Å². The number of phenols is 1. The zero-order valence-corrected chi connectivity index (χ0v) is 11.5. The Morgan fingerprint density at radius 3 is 2.60 bits per heavy atom. The highest BCUT2D eigenvalue weighted by atomic mass is 16.5. The number of phenolic OH excluding ortho intramolecular Hbond substituents is 1. The summed E-state index contributed by atoms with van der Waals surface area (Å²) in [7, 11) is 0. The summed E-state index contributed by atoms with van der Waals surface area (Å²) in [6, 6.07) is 11.3. The zero-order chi connectivity index (χ0) is 14.7. The van der Waals surface area contributed by atoms with Crippen LogP contribution < -0.4 is 10.5 Å². The van der Waals surface area contributed by atoms with Crippen LogP contribution in [0.5, 0.6) is 11.5 Å². The lowest BCUT2D eigenvalue weighted by atomic mass is 10.0. The maximum absolute atomic E-state index is 12.4. The minimum Gasteiger partial charge on any atom is -0.507 e. The molecule has 20 heavy (non-hydrogen) atoms. The number of hydrogen-bond acceptors (Lipinski definition) is 4. The van der Waals surface area contributed by atoms with E-state index in [0.717, 1.165) is 0 Å². The fourth-order valence-electron chi connectivity index (χ4n) is 1.88. The van der Waals surface area contributed by atoms with Crippen LogP contribution in [0.25, 0.3) is 0 Å². The van der Waals surface area contributed by atoms with Crippen molar-refractivity contribution in [2.75, 3.05) is 5.73 Å². The lowest BCUT2D eigenvalue weighted by molar-refractivity contribution is 0.103. The molecule has 4 nitrogen and oxygen atoms in total. The topological polar surface area (TPSA) is 72.5 Å². The van der Waals surface area contributed by atoms with Crippen LogP contribution in [-0.2, 0) is 0 Å². The molecule has 0 fully saturated rings. The van der Waals surface area contributed by atoms with Gasteiger partial charge in [0, 0.05) is 11.3 Å². The second-order valence-electron chi connectivity index (χ2n) is 4.80. The van der Waals surface area contributed by atoms with Crippen LogP contribution in [0.2, 0.25) is 0 Å². The van der Waals surface area contributed by atoms with Gasteiger partial charge in [0.1, 0.15) is 11.5 Å². The smallest absolute Gasteiger partial charge is 0.196 e. The van der Waals surface area contributed by atoms with E-state index in [1.807, 2.05) is 13.8 Å². The van der Waals surface area contributed by atoms with Gasteiger partial charge in [-0.1, -0.05) is 12.1 Å². The number of carbonyl (C=O) groups excluding carboxylic acids is 1. The van der Waals surface area contributed by atoms with E-state index < -0.39 is 0 Å². The van der Waals surface area contributed by atoms with Gasteiger partial charge in [-0.2, -0.15) is 0 Å². The lowest BCUT2D eigenvalue weighted by Gasteiger charge is -2.12. The molecule has 0 heterocycles. The maximum atomic E-state index is 12.4. The monoisotopic (exact) mass is 271 g/mol. The molecule has 0 unspecified atom stereocenters. The third-order valence-electron chi connectivity index (χ3n) is 2.73. The highest BCUT2D eigenvalue weighted by Crippen LogP contribution is 2.26. The Morgan fingerprint density at radius 1 is 1.20 bits per heavy atom. The minimum atomic E-state index is -0.288. The molecule has 2 aromatic rings. The molecule has 0 aromatic heterocycles. The Kier molecular flexibility index (Phi) is 3.94. The first kappa shape index (κ1) is 13.9. The molecular formula is C16H17NO3. The first-order valence-corrected chi connectivity index (χ1v) is 6.37. The van der Waals surface area contributed by atoms with Crippen LogP contribution in [-0.4, -0.2) is 17.0 Å². The van der Waals surface area contributed by atoms with Gasteiger partial charge in [-0.25, -0.2) is 0 Å². The SMILES string of the molecule is CC(C)Oc1ccc(O)c(C(=O)c2cccc(N)c2)c1. The number of aromatic hydroxyl groups is 1. The quantitative estimate of drug-likeness (QED) is 0.662. The van der Waals surface area contributed by atoms with Crippen LogP contribution in [0.3, 0.4) is 0 Å². The van der Waals surface area contributed by atoms with Gasteiger partial charge < -0.3 is 15.6 Å². The molecule has 0 aliphatic rings. The Bertz CT molecular complexity index is 635. The van der Waals surface area contributed by atoms with Gasteiger partial charge in [-0.05, 0) is 44.2 Å². The Morgan fingerprint density at radius 2 is 1.95 bits per heavy atom. The fourth-order valence-corrected chi connectivity index (χ4v) is 1.88. The van der Waals surface area contributed by atoms with Gasteiger partial charge >= 0.3 is 0 Å². The first-order chi connectivity index (χ1) is 9.47.